The number of hydrogen-bond acceptors (Lipinski definition) is 0. The zero-order valence-electron chi connectivity index (χ0n) is 9.73. The standard InChI is InChI=1S/C12H9BrF5N/c1-7-4-9(13)5-8-2-3-19(10(7)8)6-11(14,15)12(16,17)18/h2-5H,6H2,1H3. The highest BCUT2D eigenvalue weighted by molar-refractivity contribution is 9.10. The van der Waals surface area contributed by atoms with Gasteiger partial charge in [-0.1, -0.05) is 15.9 Å². The predicted octanol–water partition coefficient (Wildman–Crippen LogP) is 4.91. The Hall–Kier alpha value is -1.11. The quantitative estimate of drug-likeness (QED) is 0.684. The first-order valence-electron chi connectivity index (χ1n) is 5.31. The van der Waals surface area contributed by atoms with Crippen molar-refractivity contribution < 1.29 is 22.0 Å². The molecule has 2 aromatic rings. The summed E-state index contributed by atoms with van der Waals surface area (Å²) in [6.45, 7) is 0.248. The second kappa shape index (κ2) is 4.47. The van der Waals surface area contributed by atoms with E-state index in [0.29, 0.717) is 16.5 Å². The van der Waals surface area contributed by atoms with Gasteiger partial charge in [0.2, 0.25) is 0 Å². The Labute approximate surface area is 114 Å². The molecule has 0 aliphatic heterocycles. The van der Waals surface area contributed by atoms with Gasteiger partial charge < -0.3 is 4.57 Å². The molecular weight excluding hydrogens is 333 g/mol. The van der Waals surface area contributed by atoms with Crippen LogP contribution < -0.4 is 0 Å². The molecule has 19 heavy (non-hydrogen) atoms. The highest BCUT2D eigenvalue weighted by atomic mass is 79.9. The molecule has 0 unspecified atom stereocenters. The van der Waals surface area contributed by atoms with Crippen LogP contribution in [0.5, 0.6) is 0 Å². The Bertz CT molecular complexity index is 614. The number of benzene rings is 1. The summed E-state index contributed by atoms with van der Waals surface area (Å²) in [5.41, 5.74) is 1.01. The molecule has 1 heterocycles. The van der Waals surface area contributed by atoms with Gasteiger partial charge in [-0.05, 0) is 30.7 Å². The molecule has 1 nitrogen and oxygen atoms in total. The Kier molecular flexibility index (Phi) is 3.36. The molecule has 0 radical (unpaired) electrons. The van der Waals surface area contributed by atoms with Gasteiger partial charge in [0.15, 0.2) is 0 Å². The molecule has 1 aromatic heterocycles. The van der Waals surface area contributed by atoms with Crippen molar-refractivity contribution in [3.05, 3.63) is 34.4 Å². The van der Waals surface area contributed by atoms with E-state index in [-0.39, 0.29) is 0 Å². The lowest BCUT2D eigenvalue weighted by Gasteiger charge is -2.21. The van der Waals surface area contributed by atoms with E-state index in [0.717, 1.165) is 9.04 Å². The van der Waals surface area contributed by atoms with Gasteiger partial charge in [0.25, 0.3) is 0 Å². The summed E-state index contributed by atoms with van der Waals surface area (Å²) in [4.78, 5) is 0. The molecule has 0 spiro atoms. The third kappa shape index (κ3) is 2.61. The number of hydrogen-bond donors (Lipinski definition) is 0. The van der Waals surface area contributed by atoms with Gasteiger partial charge >= 0.3 is 12.1 Å². The number of halogens is 6. The first-order valence-corrected chi connectivity index (χ1v) is 6.11. The molecule has 0 atom stereocenters. The number of alkyl halides is 5. The molecule has 0 saturated heterocycles. The van der Waals surface area contributed by atoms with Gasteiger partial charge in [-0.15, -0.1) is 0 Å². The van der Waals surface area contributed by atoms with Gasteiger partial charge in [0, 0.05) is 16.1 Å². The molecule has 0 bridgehead atoms. The van der Waals surface area contributed by atoms with E-state index in [1.165, 1.54) is 12.3 Å². The predicted molar refractivity (Wildman–Crippen MR) is 65.4 cm³/mol. The zero-order chi connectivity index (χ0) is 14.4. The highest BCUT2D eigenvalue weighted by Gasteiger charge is 2.57. The second-order valence-corrected chi connectivity index (χ2v) is 5.22. The van der Waals surface area contributed by atoms with Crippen molar-refractivity contribution in [2.24, 2.45) is 0 Å². The Morgan fingerprint density at radius 2 is 1.79 bits per heavy atom. The van der Waals surface area contributed by atoms with Crippen LogP contribution in [0.15, 0.2) is 28.9 Å². The van der Waals surface area contributed by atoms with E-state index in [1.807, 2.05) is 0 Å². The third-order valence-electron chi connectivity index (χ3n) is 2.80. The number of aromatic nitrogens is 1. The van der Waals surface area contributed by atoms with Gasteiger partial charge in [0.05, 0.1) is 12.1 Å². The van der Waals surface area contributed by atoms with E-state index in [4.69, 9.17) is 0 Å². The SMILES string of the molecule is Cc1cc(Br)cc2ccn(CC(F)(F)C(F)(F)F)c12. The molecule has 0 saturated carbocycles. The monoisotopic (exact) mass is 341 g/mol. The minimum atomic E-state index is -5.55. The fourth-order valence-corrected chi connectivity index (χ4v) is 2.55. The topological polar surface area (TPSA) is 4.93 Å². The summed E-state index contributed by atoms with van der Waals surface area (Å²) in [6.07, 6.45) is -4.31. The molecule has 0 amide bonds. The van der Waals surface area contributed by atoms with Crippen molar-refractivity contribution >= 4 is 26.8 Å². The fourth-order valence-electron chi connectivity index (χ4n) is 1.96. The molecule has 0 N–H and O–H groups in total. The van der Waals surface area contributed by atoms with Crippen LogP contribution in [0.4, 0.5) is 22.0 Å². The number of aryl methyl sites for hydroxylation is 1. The number of rotatable bonds is 2. The van der Waals surface area contributed by atoms with Crippen LogP contribution in [0.2, 0.25) is 0 Å². The average Bonchev–Trinajstić information content (AvgIpc) is 2.58. The van der Waals surface area contributed by atoms with Crippen LogP contribution in [0.25, 0.3) is 10.9 Å². The lowest BCUT2D eigenvalue weighted by Crippen LogP contribution is -2.40. The summed E-state index contributed by atoms with van der Waals surface area (Å²) in [7, 11) is 0. The van der Waals surface area contributed by atoms with Crippen molar-refractivity contribution in [3.63, 3.8) is 0 Å². The lowest BCUT2D eigenvalue weighted by atomic mass is 10.1. The maximum absolute atomic E-state index is 13.1. The summed E-state index contributed by atoms with van der Waals surface area (Å²) in [5.74, 6) is -4.75. The van der Waals surface area contributed by atoms with Crippen molar-refractivity contribution in [1.82, 2.24) is 4.57 Å². The summed E-state index contributed by atoms with van der Waals surface area (Å²) >= 11 is 3.25. The first-order chi connectivity index (χ1) is 8.62. The first kappa shape index (κ1) is 14.3. The maximum Gasteiger partial charge on any atom is 0.455 e. The van der Waals surface area contributed by atoms with E-state index < -0.39 is 18.6 Å². The van der Waals surface area contributed by atoms with E-state index >= 15 is 0 Å². The maximum atomic E-state index is 13.1. The molecule has 1 aromatic carbocycles. The van der Waals surface area contributed by atoms with Crippen molar-refractivity contribution in [3.8, 4) is 0 Å². The van der Waals surface area contributed by atoms with Gasteiger partial charge in [-0.3, -0.25) is 0 Å². The van der Waals surface area contributed by atoms with Gasteiger partial charge in [-0.25, -0.2) is 0 Å². The van der Waals surface area contributed by atoms with Gasteiger partial charge in [-0.2, -0.15) is 22.0 Å². The Balaban J connectivity index is 2.48. The third-order valence-corrected chi connectivity index (χ3v) is 3.26. The molecule has 0 aliphatic rings. The summed E-state index contributed by atoms with van der Waals surface area (Å²) in [5, 5.41) is 0.616. The van der Waals surface area contributed by atoms with Crippen LogP contribution in [0, 0.1) is 6.92 Å². The molecular formula is C12H9BrF5N. The van der Waals surface area contributed by atoms with Crippen molar-refractivity contribution in [1.29, 1.82) is 0 Å². The Morgan fingerprint density at radius 1 is 1.16 bits per heavy atom. The summed E-state index contributed by atoms with van der Waals surface area (Å²) in [6, 6.07) is 4.86. The minimum Gasteiger partial charge on any atom is -0.341 e. The minimum absolute atomic E-state index is 0.382. The van der Waals surface area contributed by atoms with Crippen molar-refractivity contribution in [2.75, 3.05) is 0 Å². The molecule has 7 heteroatoms. The van der Waals surface area contributed by atoms with Crippen LogP contribution in [-0.4, -0.2) is 16.7 Å². The zero-order valence-corrected chi connectivity index (χ0v) is 11.3. The van der Waals surface area contributed by atoms with E-state index in [2.05, 4.69) is 15.9 Å². The number of fused-ring (bicyclic) bond motifs is 1. The molecule has 0 aliphatic carbocycles. The smallest absolute Gasteiger partial charge is 0.341 e. The average molecular weight is 342 g/mol. The van der Waals surface area contributed by atoms with Crippen LogP contribution in [0.1, 0.15) is 5.56 Å². The molecule has 2 rings (SSSR count). The number of nitrogens with zero attached hydrogens (tertiary/aromatic N) is 1. The van der Waals surface area contributed by atoms with Crippen LogP contribution >= 0.6 is 15.9 Å². The summed E-state index contributed by atoms with van der Waals surface area (Å²) < 4.78 is 64.5. The van der Waals surface area contributed by atoms with E-state index in [1.54, 1.807) is 19.1 Å². The fraction of sp³-hybridized carbons (Fsp3) is 0.333. The highest BCUT2D eigenvalue weighted by Crippen LogP contribution is 2.38. The van der Waals surface area contributed by atoms with E-state index in [9.17, 15) is 22.0 Å². The van der Waals surface area contributed by atoms with Crippen molar-refractivity contribution in [2.45, 2.75) is 25.6 Å². The van der Waals surface area contributed by atoms with Crippen LogP contribution in [-0.2, 0) is 6.54 Å². The molecule has 104 valence electrons. The largest absolute Gasteiger partial charge is 0.455 e. The van der Waals surface area contributed by atoms with Crippen LogP contribution in [0.3, 0.4) is 0 Å². The lowest BCUT2D eigenvalue weighted by molar-refractivity contribution is -0.286. The Morgan fingerprint density at radius 3 is 2.37 bits per heavy atom. The molecule has 0 fully saturated rings. The van der Waals surface area contributed by atoms with Gasteiger partial charge in [0.1, 0.15) is 0 Å². The normalized spacial score (nSPS) is 13.2. The second-order valence-electron chi connectivity index (χ2n) is 4.31.